The van der Waals surface area contributed by atoms with E-state index in [1.807, 2.05) is 35.0 Å². The first-order valence-corrected chi connectivity index (χ1v) is 6.52. The zero-order chi connectivity index (χ0) is 12.8. The van der Waals surface area contributed by atoms with E-state index < -0.39 is 6.10 Å². The van der Waals surface area contributed by atoms with Gasteiger partial charge in [-0.1, -0.05) is 12.1 Å². The van der Waals surface area contributed by atoms with Crippen LogP contribution in [0.1, 0.15) is 23.7 Å². The molecule has 18 heavy (non-hydrogen) atoms. The number of rotatable bonds is 5. The number of ether oxygens (including phenoxy) is 1. The Balaban J connectivity index is 2.01. The highest BCUT2D eigenvalue weighted by atomic mass is 32.1. The fourth-order valence-corrected chi connectivity index (χ4v) is 2.21. The molecule has 0 spiro atoms. The first-order chi connectivity index (χ1) is 8.79. The molecule has 4 heteroatoms. The summed E-state index contributed by atoms with van der Waals surface area (Å²) in [6.45, 7) is 0.515. The van der Waals surface area contributed by atoms with Gasteiger partial charge in [0.15, 0.2) is 0 Å². The Hall–Kier alpha value is -1.83. The molecule has 92 valence electrons. The minimum Gasteiger partial charge on any atom is -0.489 e. The van der Waals surface area contributed by atoms with Crippen LogP contribution in [0.15, 0.2) is 41.1 Å². The van der Waals surface area contributed by atoms with E-state index in [-0.39, 0.29) is 6.42 Å². The van der Waals surface area contributed by atoms with Crippen LogP contribution < -0.4 is 4.74 Å². The lowest BCUT2D eigenvalue weighted by atomic mass is 10.1. The van der Waals surface area contributed by atoms with E-state index in [1.54, 1.807) is 23.5 Å². The summed E-state index contributed by atoms with van der Waals surface area (Å²) in [5.41, 5.74) is 1.84. The summed E-state index contributed by atoms with van der Waals surface area (Å²) >= 11 is 1.63. The maximum atomic E-state index is 9.72. The Kier molecular flexibility index (Phi) is 4.35. The molecule has 0 aliphatic carbocycles. The maximum Gasteiger partial charge on any atom is 0.120 e. The quantitative estimate of drug-likeness (QED) is 0.896. The van der Waals surface area contributed by atoms with Gasteiger partial charge in [0, 0.05) is 0 Å². The fourth-order valence-electron chi connectivity index (χ4n) is 1.56. The van der Waals surface area contributed by atoms with Crippen LogP contribution in [0.3, 0.4) is 0 Å². The first-order valence-electron chi connectivity index (χ1n) is 5.58. The summed E-state index contributed by atoms with van der Waals surface area (Å²) in [6, 6.07) is 11.2. The lowest BCUT2D eigenvalue weighted by Crippen LogP contribution is -1.98. The minimum absolute atomic E-state index is 0.0913. The van der Waals surface area contributed by atoms with Gasteiger partial charge >= 0.3 is 0 Å². The van der Waals surface area contributed by atoms with Gasteiger partial charge in [-0.25, -0.2) is 0 Å². The molecule has 0 saturated heterocycles. The molecule has 0 bridgehead atoms. The maximum absolute atomic E-state index is 9.72. The van der Waals surface area contributed by atoms with Crippen LogP contribution in [0.4, 0.5) is 0 Å². The van der Waals surface area contributed by atoms with E-state index in [2.05, 4.69) is 0 Å². The van der Waals surface area contributed by atoms with Gasteiger partial charge in [0.1, 0.15) is 12.4 Å². The van der Waals surface area contributed by atoms with E-state index in [0.717, 1.165) is 5.56 Å². The molecular formula is C14H13NO2S. The summed E-state index contributed by atoms with van der Waals surface area (Å²) in [5, 5.41) is 22.3. The van der Waals surface area contributed by atoms with Gasteiger partial charge in [-0.05, 0) is 40.1 Å². The molecule has 3 nitrogen and oxygen atoms in total. The molecule has 1 heterocycles. The van der Waals surface area contributed by atoms with Gasteiger partial charge < -0.3 is 9.84 Å². The molecule has 1 aromatic carbocycles. The third kappa shape index (κ3) is 3.33. The van der Waals surface area contributed by atoms with E-state index in [9.17, 15) is 5.11 Å². The highest BCUT2D eigenvalue weighted by Crippen LogP contribution is 2.22. The highest BCUT2D eigenvalue weighted by Gasteiger charge is 2.07. The third-order valence-corrected chi connectivity index (χ3v) is 3.25. The van der Waals surface area contributed by atoms with Gasteiger partial charge in [-0.2, -0.15) is 16.6 Å². The molecule has 0 saturated carbocycles. The average Bonchev–Trinajstić information content (AvgIpc) is 2.90. The Labute approximate surface area is 110 Å². The van der Waals surface area contributed by atoms with E-state index in [0.29, 0.717) is 17.9 Å². The first kappa shape index (κ1) is 12.6. The number of aliphatic hydroxyl groups is 1. The largest absolute Gasteiger partial charge is 0.489 e. The third-order valence-electron chi connectivity index (χ3n) is 2.51. The molecule has 2 rings (SSSR count). The highest BCUT2D eigenvalue weighted by molar-refractivity contribution is 7.07. The predicted octanol–water partition coefficient (Wildman–Crippen LogP) is 3.27. The molecule has 1 aromatic heterocycles. The number of nitrogens with zero attached hydrogens (tertiary/aromatic N) is 1. The fraction of sp³-hybridized carbons (Fsp3) is 0.214. The SMILES string of the molecule is N#CC[C@@H](O)c1cccc(OCc2ccsc2)c1. The van der Waals surface area contributed by atoms with Crippen molar-refractivity contribution < 1.29 is 9.84 Å². The molecule has 0 unspecified atom stereocenters. The van der Waals surface area contributed by atoms with Crippen LogP contribution >= 0.6 is 11.3 Å². The van der Waals surface area contributed by atoms with Crippen molar-refractivity contribution in [3.8, 4) is 11.8 Å². The summed E-state index contributed by atoms with van der Waals surface area (Å²) in [4.78, 5) is 0. The van der Waals surface area contributed by atoms with Gasteiger partial charge in [0.2, 0.25) is 0 Å². The van der Waals surface area contributed by atoms with E-state index in [1.165, 1.54) is 0 Å². The van der Waals surface area contributed by atoms with Crippen LogP contribution in [0.2, 0.25) is 0 Å². The molecule has 0 aliphatic heterocycles. The second-order valence-electron chi connectivity index (χ2n) is 3.87. The molecule has 2 aromatic rings. The molecule has 1 N–H and O–H groups in total. The Morgan fingerprint density at radius 2 is 2.28 bits per heavy atom. The van der Waals surface area contributed by atoms with Crippen molar-refractivity contribution in [2.75, 3.05) is 0 Å². The Bertz CT molecular complexity index is 531. The van der Waals surface area contributed by atoms with Crippen LogP contribution in [0.5, 0.6) is 5.75 Å². The second kappa shape index (κ2) is 6.20. The molecule has 1 atom stereocenters. The monoisotopic (exact) mass is 259 g/mol. The number of aliphatic hydroxyl groups excluding tert-OH is 1. The van der Waals surface area contributed by atoms with Crippen LogP contribution in [0, 0.1) is 11.3 Å². The molecular weight excluding hydrogens is 246 g/mol. The van der Waals surface area contributed by atoms with Crippen LogP contribution in [-0.4, -0.2) is 5.11 Å². The van der Waals surface area contributed by atoms with Crippen molar-refractivity contribution in [3.05, 3.63) is 52.2 Å². The van der Waals surface area contributed by atoms with Crippen molar-refractivity contribution in [2.45, 2.75) is 19.1 Å². The number of hydrogen-bond acceptors (Lipinski definition) is 4. The summed E-state index contributed by atoms with van der Waals surface area (Å²) in [5.74, 6) is 0.704. The van der Waals surface area contributed by atoms with Crippen molar-refractivity contribution in [1.82, 2.24) is 0 Å². The number of benzene rings is 1. The molecule has 0 radical (unpaired) electrons. The lowest BCUT2D eigenvalue weighted by Gasteiger charge is -2.10. The number of thiophene rings is 1. The van der Waals surface area contributed by atoms with Crippen molar-refractivity contribution in [1.29, 1.82) is 5.26 Å². The lowest BCUT2D eigenvalue weighted by molar-refractivity contribution is 0.182. The van der Waals surface area contributed by atoms with Crippen molar-refractivity contribution in [3.63, 3.8) is 0 Å². The van der Waals surface area contributed by atoms with Crippen LogP contribution in [-0.2, 0) is 6.61 Å². The van der Waals surface area contributed by atoms with Crippen molar-refractivity contribution in [2.24, 2.45) is 0 Å². The summed E-state index contributed by atoms with van der Waals surface area (Å²) in [7, 11) is 0. The van der Waals surface area contributed by atoms with Gasteiger partial charge in [0.05, 0.1) is 18.6 Å². The van der Waals surface area contributed by atoms with E-state index >= 15 is 0 Å². The normalized spacial score (nSPS) is 11.8. The number of hydrogen-bond donors (Lipinski definition) is 1. The van der Waals surface area contributed by atoms with Gasteiger partial charge in [-0.3, -0.25) is 0 Å². The Morgan fingerprint density at radius 1 is 1.39 bits per heavy atom. The van der Waals surface area contributed by atoms with E-state index in [4.69, 9.17) is 10.00 Å². The predicted molar refractivity (Wildman–Crippen MR) is 70.3 cm³/mol. The molecule has 0 aliphatic rings. The Morgan fingerprint density at radius 3 is 3.00 bits per heavy atom. The zero-order valence-electron chi connectivity index (χ0n) is 9.74. The average molecular weight is 259 g/mol. The van der Waals surface area contributed by atoms with Gasteiger partial charge in [-0.15, -0.1) is 0 Å². The smallest absolute Gasteiger partial charge is 0.120 e. The van der Waals surface area contributed by atoms with Crippen molar-refractivity contribution >= 4 is 11.3 Å². The number of nitriles is 1. The molecule has 0 fully saturated rings. The summed E-state index contributed by atoms with van der Waals surface area (Å²) in [6.07, 6.45) is -0.659. The summed E-state index contributed by atoms with van der Waals surface area (Å²) < 4.78 is 5.63. The second-order valence-corrected chi connectivity index (χ2v) is 4.65. The molecule has 0 amide bonds. The van der Waals surface area contributed by atoms with Gasteiger partial charge in [0.25, 0.3) is 0 Å². The topological polar surface area (TPSA) is 53.2 Å². The zero-order valence-corrected chi connectivity index (χ0v) is 10.6. The van der Waals surface area contributed by atoms with Crippen LogP contribution in [0.25, 0.3) is 0 Å². The standard InChI is InChI=1S/C14H13NO2S/c15-6-4-14(16)12-2-1-3-13(8-12)17-9-11-5-7-18-10-11/h1-3,5,7-8,10,14,16H,4,9H2/t14-/m1/s1. The minimum atomic E-state index is -0.750.